The Labute approximate surface area is 175 Å². The van der Waals surface area contributed by atoms with Gasteiger partial charge in [0.2, 0.25) is 0 Å². The van der Waals surface area contributed by atoms with E-state index in [9.17, 15) is 10.2 Å². The molecule has 4 rings (SSSR count). The van der Waals surface area contributed by atoms with Gasteiger partial charge in [0.15, 0.2) is 0 Å². The first-order chi connectivity index (χ1) is 12.8. The van der Waals surface area contributed by atoms with Crippen LogP contribution < -0.4 is 5.11 Å². The first-order valence-electron chi connectivity index (χ1n) is 8.22. The maximum atomic E-state index is 11.4. The van der Waals surface area contributed by atoms with Crippen molar-refractivity contribution in [1.82, 2.24) is 9.97 Å². The number of rotatable bonds is 1. The topological polar surface area (TPSA) is 69.1 Å². The number of benzene rings is 1. The van der Waals surface area contributed by atoms with E-state index in [1.54, 1.807) is 23.3 Å². The molecular formula is C21H22ClN2O2Ru-. The monoisotopic (exact) mass is 471 g/mol. The molecule has 6 heteroatoms. The van der Waals surface area contributed by atoms with Crippen molar-refractivity contribution in [3.63, 3.8) is 0 Å². The van der Waals surface area contributed by atoms with Crippen LogP contribution >= 0.6 is 9.69 Å². The largest absolute Gasteiger partial charge is 0.871 e. The van der Waals surface area contributed by atoms with Crippen molar-refractivity contribution >= 4 is 9.69 Å². The Morgan fingerprint density at radius 1 is 0.815 bits per heavy atom. The Bertz CT molecular complexity index is 762. The zero-order valence-corrected chi connectivity index (χ0v) is 17.6. The van der Waals surface area contributed by atoms with Crippen LogP contribution in [0.5, 0.6) is 11.5 Å². The van der Waals surface area contributed by atoms with E-state index in [1.165, 1.54) is 50.2 Å². The standard InChI is InChI=1S/C10H8N2O2.C10H12.CH3.ClH.Ru/c13-7-3-1-5-11-9(7)10-8(14)4-2-6-12-10;1-2-6-10-8-4-3-7-9(10)5-1;;;/h1-6,13-14H;1-2,5-6H,3-4,7-8H2;1H3;1H;/q;;-1;;+2/p-2. The molecule has 1 aromatic carbocycles. The van der Waals surface area contributed by atoms with Gasteiger partial charge in [-0.25, -0.2) is 0 Å². The van der Waals surface area contributed by atoms with Gasteiger partial charge in [0, 0.05) is 12.4 Å². The van der Waals surface area contributed by atoms with Crippen molar-refractivity contribution in [1.29, 1.82) is 0 Å². The van der Waals surface area contributed by atoms with Crippen molar-refractivity contribution in [3.8, 4) is 22.9 Å². The third-order valence-electron chi connectivity index (χ3n) is 4.04. The summed E-state index contributed by atoms with van der Waals surface area (Å²) in [5.41, 5.74) is 3.55. The summed E-state index contributed by atoms with van der Waals surface area (Å²) in [6.45, 7) is 0. The maximum absolute atomic E-state index is 11.4. The second-order valence-corrected chi connectivity index (χ2v) is 5.70. The minimum Gasteiger partial charge on any atom is -0.871 e. The van der Waals surface area contributed by atoms with E-state index < -0.39 is 0 Å². The second kappa shape index (κ2) is 12.4. The van der Waals surface area contributed by atoms with Crippen molar-refractivity contribution in [2.75, 3.05) is 0 Å². The molecular weight excluding hydrogens is 449 g/mol. The minimum atomic E-state index is -0.249. The maximum Gasteiger partial charge on any atom is 0.143 e. The number of aryl methyl sites for hydroxylation is 2. The number of nitrogens with zero attached hydrogens (tertiary/aromatic N) is 2. The van der Waals surface area contributed by atoms with Crippen LogP contribution in [0, 0.1) is 7.43 Å². The average molecular weight is 471 g/mol. The third-order valence-corrected chi connectivity index (χ3v) is 4.04. The molecule has 2 aromatic heterocycles. The zero-order chi connectivity index (χ0) is 18.8. The molecule has 0 radical (unpaired) electrons. The van der Waals surface area contributed by atoms with Gasteiger partial charge in [-0.1, -0.05) is 36.1 Å². The molecule has 1 aliphatic rings. The van der Waals surface area contributed by atoms with Crippen molar-refractivity contribution < 1.29 is 27.5 Å². The van der Waals surface area contributed by atoms with Crippen LogP contribution in [0.2, 0.25) is 0 Å². The third kappa shape index (κ3) is 6.60. The minimum absolute atomic E-state index is 0. The molecule has 1 aliphatic carbocycles. The van der Waals surface area contributed by atoms with Crippen LogP contribution in [-0.4, -0.2) is 15.1 Å². The molecule has 0 saturated carbocycles. The molecule has 0 amide bonds. The number of aromatic hydroxyl groups is 1. The van der Waals surface area contributed by atoms with E-state index >= 15 is 0 Å². The molecule has 3 aromatic rings. The van der Waals surface area contributed by atoms with Gasteiger partial charge in [-0.05, 0) is 55.0 Å². The predicted molar refractivity (Wildman–Crippen MR) is 104 cm³/mol. The quantitative estimate of drug-likeness (QED) is 0.416. The molecule has 27 heavy (non-hydrogen) atoms. The van der Waals surface area contributed by atoms with Crippen molar-refractivity contribution in [2.24, 2.45) is 0 Å². The molecule has 4 nitrogen and oxygen atoms in total. The second-order valence-electron chi connectivity index (χ2n) is 5.70. The Balaban J connectivity index is 0.000000249. The van der Waals surface area contributed by atoms with Crippen LogP contribution in [0.4, 0.5) is 0 Å². The molecule has 0 unspecified atom stereocenters. The molecule has 0 fully saturated rings. The summed E-state index contributed by atoms with van der Waals surface area (Å²) in [4.78, 5) is 7.77. The van der Waals surface area contributed by atoms with E-state index in [1.807, 2.05) is 17.3 Å². The van der Waals surface area contributed by atoms with Crippen LogP contribution in [0.15, 0.2) is 60.9 Å². The number of pyridine rings is 2. The van der Waals surface area contributed by atoms with Crippen LogP contribution in [0.3, 0.4) is 0 Å². The van der Waals surface area contributed by atoms with Gasteiger partial charge in [0.1, 0.15) is 11.4 Å². The number of halogens is 1. The number of hydrogen-bond donors (Lipinski definition) is 1. The fraction of sp³-hybridized carbons (Fsp3) is 0.190. The number of hydrogen-bond acceptors (Lipinski definition) is 4. The van der Waals surface area contributed by atoms with Gasteiger partial charge >= 0.3 is 27.0 Å². The van der Waals surface area contributed by atoms with Gasteiger partial charge < -0.3 is 17.6 Å². The van der Waals surface area contributed by atoms with Crippen LogP contribution in [-0.2, 0) is 30.2 Å². The Morgan fingerprint density at radius 3 is 1.85 bits per heavy atom. The summed E-state index contributed by atoms with van der Waals surface area (Å²) in [6.07, 6.45) is 8.37. The summed E-state index contributed by atoms with van der Waals surface area (Å²) in [7, 11) is 4.57. The van der Waals surface area contributed by atoms with E-state index in [0.29, 0.717) is 0 Å². The van der Waals surface area contributed by atoms with Gasteiger partial charge in [-0.15, -0.1) is 0 Å². The van der Waals surface area contributed by atoms with E-state index in [2.05, 4.69) is 43.9 Å². The fourth-order valence-corrected chi connectivity index (χ4v) is 2.82. The Hall–Kier alpha value is -1.97. The zero-order valence-electron chi connectivity index (χ0n) is 15.1. The van der Waals surface area contributed by atoms with Gasteiger partial charge in [-0.2, -0.15) is 0 Å². The van der Waals surface area contributed by atoms with Crippen molar-refractivity contribution in [3.05, 3.63) is 79.5 Å². The average Bonchev–Trinajstić information content (AvgIpc) is 2.71. The predicted octanol–water partition coefficient (Wildman–Crippen LogP) is 4.63. The van der Waals surface area contributed by atoms with Crippen LogP contribution in [0.1, 0.15) is 24.0 Å². The molecule has 144 valence electrons. The summed E-state index contributed by atoms with van der Waals surface area (Å²) >= 11 is 1.82. The van der Waals surface area contributed by atoms with E-state index in [-0.39, 0.29) is 30.3 Å². The van der Waals surface area contributed by atoms with Gasteiger partial charge in [0.25, 0.3) is 0 Å². The summed E-state index contributed by atoms with van der Waals surface area (Å²) in [5.74, 6) is -0.287. The van der Waals surface area contributed by atoms with E-state index in [4.69, 9.17) is 0 Å². The van der Waals surface area contributed by atoms with Gasteiger partial charge in [-0.3, -0.25) is 9.97 Å². The normalized spacial score (nSPS) is 11.5. The first-order valence-corrected chi connectivity index (χ1v) is 10.5. The van der Waals surface area contributed by atoms with Crippen LogP contribution in [0.25, 0.3) is 11.4 Å². The molecule has 0 bridgehead atoms. The molecule has 0 atom stereocenters. The smallest absolute Gasteiger partial charge is 0.143 e. The summed E-state index contributed by atoms with van der Waals surface area (Å²) in [6, 6.07) is 14.8. The summed E-state index contributed by atoms with van der Waals surface area (Å²) < 4.78 is 0. The molecule has 1 N–H and O–H groups in total. The van der Waals surface area contributed by atoms with Gasteiger partial charge in [0.05, 0.1) is 5.69 Å². The Morgan fingerprint density at radius 2 is 1.33 bits per heavy atom. The van der Waals surface area contributed by atoms with E-state index in [0.717, 1.165) is 0 Å². The molecule has 0 spiro atoms. The SMILES string of the molecule is [CH3-].[Cl][Ru+].[O-]c1cccnc1-c1ncccc1O.c1ccc2c(c1)CCCC2. The van der Waals surface area contributed by atoms with Crippen molar-refractivity contribution in [2.45, 2.75) is 25.7 Å². The molecule has 0 saturated heterocycles. The fourth-order valence-electron chi connectivity index (χ4n) is 2.82. The number of aromatic nitrogens is 2. The number of fused-ring (bicyclic) bond motifs is 1. The summed E-state index contributed by atoms with van der Waals surface area (Å²) in [5, 5.41) is 20.8. The molecule has 2 heterocycles. The Kier molecular flexibility index (Phi) is 10.6. The first kappa shape index (κ1) is 23.1. The molecule has 0 aliphatic heterocycles.